The van der Waals surface area contributed by atoms with Gasteiger partial charge in [-0.25, -0.2) is 4.98 Å². The van der Waals surface area contributed by atoms with Crippen LogP contribution in [0.25, 0.3) is 10.8 Å². The van der Waals surface area contributed by atoms with Crippen LogP contribution in [0.2, 0.25) is 0 Å². The molecule has 2 rings (SSSR count). The molecule has 0 aliphatic rings. The molecular weight excluding hydrogens is 230 g/mol. The number of aromatic nitrogens is 1. The van der Waals surface area contributed by atoms with Crippen molar-refractivity contribution in [3.8, 4) is 10.8 Å². The van der Waals surface area contributed by atoms with E-state index in [4.69, 9.17) is 4.42 Å². The lowest BCUT2D eigenvalue weighted by Gasteiger charge is -2.13. The number of thiazole rings is 1. The minimum atomic E-state index is 0.0994. The fourth-order valence-electron chi connectivity index (χ4n) is 1.51. The standard InChI is InChI=1S/C14H19NOS/c1-9(2)10-6-7-11(16-10)13-15-12(8-17-13)14(3,4)5/h6-9H,1-5H3. The van der Waals surface area contributed by atoms with Crippen LogP contribution < -0.4 is 0 Å². The van der Waals surface area contributed by atoms with Gasteiger partial charge in [-0.05, 0) is 12.1 Å². The highest BCUT2D eigenvalue weighted by atomic mass is 32.1. The fourth-order valence-corrected chi connectivity index (χ4v) is 2.52. The predicted octanol–water partition coefficient (Wildman–Crippen LogP) is 4.82. The van der Waals surface area contributed by atoms with E-state index in [2.05, 4.69) is 45.0 Å². The lowest BCUT2D eigenvalue weighted by molar-refractivity contribution is 0.497. The molecule has 3 heteroatoms. The van der Waals surface area contributed by atoms with Crippen LogP contribution >= 0.6 is 11.3 Å². The third kappa shape index (κ3) is 2.60. The van der Waals surface area contributed by atoms with Crippen molar-refractivity contribution in [3.05, 3.63) is 29.0 Å². The van der Waals surface area contributed by atoms with E-state index in [1.807, 2.05) is 12.1 Å². The van der Waals surface area contributed by atoms with Gasteiger partial charge in [-0.3, -0.25) is 0 Å². The van der Waals surface area contributed by atoms with Crippen molar-refractivity contribution < 1.29 is 4.42 Å². The molecule has 0 spiro atoms. The third-order valence-electron chi connectivity index (χ3n) is 2.68. The van der Waals surface area contributed by atoms with Gasteiger partial charge in [0.1, 0.15) is 5.76 Å². The number of hydrogen-bond acceptors (Lipinski definition) is 3. The van der Waals surface area contributed by atoms with Gasteiger partial charge in [-0.1, -0.05) is 34.6 Å². The molecule has 2 nitrogen and oxygen atoms in total. The average molecular weight is 249 g/mol. The Labute approximate surface area is 107 Å². The van der Waals surface area contributed by atoms with Crippen LogP contribution in [0.4, 0.5) is 0 Å². The van der Waals surface area contributed by atoms with Gasteiger partial charge in [0.15, 0.2) is 10.8 Å². The highest BCUT2D eigenvalue weighted by Gasteiger charge is 2.19. The monoisotopic (exact) mass is 249 g/mol. The van der Waals surface area contributed by atoms with Crippen molar-refractivity contribution in [2.24, 2.45) is 0 Å². The molecule has 92 valence electrons. The summed E-state index contributed by atoms with van der Waals surface area (Å²) in [6.07, 6.45) is 0. The first-order chi connectivity index (χ1) is 7.88. The van der Waals surface area contributed by atoms with Crippen molar-refractivity contribution in [3.63, 3.8) is 0 Å². The average Bonchev–Trinajstić information content (AvgIpc) is 2.85. The highest BCUT2D eigenvalue weighted by Crippen LogP contribution is 2.31. The molecule has 0 aromatic carbocycles. The zero-order valence-corrected chi connectivity index (χ0v) is 11.9. The summed E-state index contributed by atoms with van der Waals surface area (Å²) >= 11 is 1.65. The maximum absolute atomic E-state index is 5.81. The molecule has 0 amide bonds. The van der Waals surface area contributed by atoms with E-state index in [1.165, 1.54) is 0 Å². The van der Waals surface area contributed by atoms with Gasteiger partial charge in [0.2, 0.25) is 0 Å². The van der Waals surface area contributed by atoms with Gasteiger partial charge in [0.05, 0.1) is 5.69 Å². The van der Waals surface area contributed by atoms with Crippen LogP contribution in [0.1, 0.15) is 52.0 Å². The summed E-state index contributed by atoms with van der Waals surface area (Å²) in [5, 5.41) is 3.09. The van der Waals surface area contributed by atoms with Crippen molar-refractivity contribution in [2.45, 2.75) is 46.0 Å². The molecule has 0 radical (unpaired) electrons. The zero-order valence-electron chi connectivity index (χ0n) is 11.1. The van der Waals surface area contributed by atoms with Crippen LogP contribution in [-0.2, 0) is 5.41 Å². The number of hydrogen-bond donors (Lipinski definition) is 0. The number of furan rings is 1. The highest BCUT2D eigenvalue weighted by molar-refractivity contribution is 7.13. The van der Waals surface area contributed by atoms with Crippen LogP contribution in [0.5, 0.6) is 0 Å². The second-order valence-electron chi connectivity index (χ2n) is 5.64. The van der Waals surface area contributed by atoms with Crippen LogP contribution in [0.3, 0.4) is 0 Å². The van der Waals surface area contributed by atoms with E-state index in [9.17, 15) is 0 Å². The molecule has 0 aliphatic heterocycles. The molecule has 0 fully saturated rings. The maximum Gasteiger partial charge on any atom is 0.162 e. The Morgan fingerprint density at radius 1 is 1.24 bits per heavy atom. The quantitative estimate of drug-likeness (QED) is 0.762. The van der Waals surface area contributed by atoms with Gasteiger partial charge >= 0.3 is 0 Å². The lowest BCUT2D eigenvalue weighted by Crippen LogP contribution is -2.11. The molecule has 0 saturated carbocycles. The molecule has 0 aliphatic carbocycles. The van der Waals surface area contributed by atoms with Crippen LogP contribution in [0.15, 0.2) is 21.9 Å². The molecule has 2 aromatic rings. The van der Waals surface area contributed by atoms with E-state index < -0.39 is 0 Å². The van der Waals surface area contributed by atoms with Gasteiger partial charge < -0.3 is 4.42 Å². The molecule has 0 atom stereocenters. The minimum Gasteiger partial charge on any atom is -0.458 e. The van der Waals surface area contributed by atoms with Crippen LogP contribution in [0, 0.1) is 0 Å². The second kappa shape index (κ2) is 4.30. The fraction of sp³-hybridized carbons (Fsp3) is 0.500. The molecule has 2 heterocycles. The van der Waals surface area contributed by atoms with Crippen LogP contribution in [-0.4, -0.2) is 4.98 Å². The van der Waals surface area contributed by atoms with E-state index in [0.29, 0.717) is 5.92 Å². The summed E-state index contributed by atoms with van der Waals surface area (Å²) in [7, 11) is 0. The van der Waals surface area contributed by atoms with Gasteiger partial charge in [0.25, 0.3) is 0 Å². The summed E-state index contributed by atoms with van der Waals surface area (Å²) in [4.78, 5) is 4.65. The molecule has 17 heavy (non-hydrogen) atoms. The third-order valence-corrected chi connectivity index (χ3v) is 3.54. The van der Waals surface area contributed by atoms with Gasteiger partial charge in [-0.2, -0.15) is 0 Å². The van der Waals surface area contributed by atoms with Crippen molar-refractivity contribution in [1.29, 1.82) is 0 Å². The number of rotatable bonds is 2. The van der Waals surface area contributed by atoms with E-state index >= 15 is 0 Å². The van der Waals surface area contributed by atoms with Crippen molar-refractivity contribution in [1.82, 2.24) is 4.98 Å². The van der Waals surface area contributed by atoms with Gasteiger partial charge in [0, 0.05) is 16.7 Å². The Morgan fingerprint density at radius 2 is 1.94 bits per heavy atom. The smallest absolute Gasteiger partial charge is 0.162 e. The summed E-state index contributed by atoms with van der Waals surface area (Å²) in [6.45, 7) is 10.8. The summed E-state index contributed by atoms with van der Waals surface area (Å²) < 4.78 is 5.81. The summed E-state index contributed by atoms with van der Waals surface area (Å²) in [5.41, 5.74) is 1.22. The van der Waals surface area contributed by atoms with E-state index in [-0.39, 0.29) is 5.41 Å². The molecule has 2 aromatic heterocycles. The largest absolute Gasteiger partial charge is 0.458 e. The molecular formula is C14H19NOS. The second-order valence-corrected chi connectivity index (χ2v) is 6.50. The Balaban J connectivity index is 2.31. The SMILES string of the molecule is CC(C)c1ccc(-c2nc(C(C)(C)C)cs2)o1. The first kappa shape index (κ1) is 12.4. The van der Waals surface area contributed by atoms with E-state index in [1.54, 1.807) is 11.3 Å². The van der Waals surface area contributed by atoms with Crippen molar-refractivity contribution >= 4 is 11.3 Å². The first-order valence-corrected chi connectivity index (χ1v) is 6.82. The molecule has 0 N–H and O–H groups in total. The number of nitrogens with zero attached hydrogens (tertiary/aromatic N) is 1. The summed E-state index contributed by atoms with van der Waals surface area (Å²) in [5.74, 6) is 2.33. The van der Waals surface area contributed by atoms with E-state index in [0.717, 1.165) is 22.2 Å². The topological polar surface area (TPSA) is 26.0 Å². The normalized spacial score (nSPS) is 12.4. The summed E-state index contributed by atoms with van der Waals surface area (Å²) in [6, 6.07) is 4.05. The maximum atomic E-state index is 5.81. The predicted molar refractivity (Wildman–Crippen MR) is 72.6 cm³/mol. The Bertz CT molecular complexity index is 502. The zero-order chi connectivity index (χ0) is 12.6. The van der Waals surface area contributed by atoms with Crippen molar-refractivity contribution in [2.75, 3.05) is 0 Å². The van der Waals surface area contributed by atoms with Gasteiger partial charge in [-0.15, -0.1) is 11.3 Å². The first-order valence-electron chi connectivity index (χ1n) is 5.94. The molecule has 0 bridgehead atoms. The lowest BCUT2D eigenvalue weighted by atomic mass is 9.93. The Morgan fingerprint density at radius 3 is 2.41 bits per heavy atom. The Kier molecular flexibility index (Phi) is 3.13. The molecule has 0 unspecified atom stereocenters. The molecule has 0 saturated heterocycles. The minimum absolute atomic E-state index is 0.0994. The Hall–Kier alpha value is -1.09.